The summed E-state index contributed by atoms with van der Waals surface area (Å²) in [6, 6.07) is 13.9. The predicted octanol–water partition coefficient (Wildman–Crippen LogP) is 3.13. The quantitative estimate of drug-likeness (QED) is 0.559. The second-order valence-corrected chi connectivity index (χ2v) is 7.13. The largest absolute Gasteiger partial charge is 0.497 e. The van der Waals surface area contributed by atoms with Crippen molar-refractivity contribution < 1.29 is 23.8 Å². The summed E-state index contributed by atoms with van der Waals surface area (Å²) in [4.78, 5) is 28.5. The number of methoxy groups -OCH3 is 1. The van der Waals surface area contributed by atoms with Crippen molar-refractivity contribution in [1.29, 1.82) is 0 Å². The van der Waals surface area contributed by atoms with Crippen molar-refractivity contribution in [2.45, 2.75) is 25.8 Å². The maximum absolute atomic E-state index is 12.9. The fourth-order valence-electron chi connectivity index (χ4n) is 3.28. The Morgan fingerprint density at radius 3 is 2.10 bits per heavy atom. The van der Waals surface area contributed by atoms with Gasteiger partial charge in [0.05, 0.1) is 31.9 Å². The van der Waals surface area contributed by atoms with E-state index in [1.807, 2.05) is 43.1 Å². The van der Waals surface area contributed by atoms with E-state index in [1.165, 1.54) is 4.90 Å². The summed E-state index contributed by atoms with van der Waals surface area (Å²) in [5.74, 6) is 1.80. The highest BCUT2D eigenvalue weighted by Crippen LogP contribution is 2.27. The van der Waals surface area contributed by atoms with E-state index in [0.717, 1.165) is 23.7 Å². The van der Waals surface area contributed by atoms with E-state index >= 15 is 0 Å². The van der Waals surface area contributed by atoms with Crippen LogP contribution in [-0.4, -0.2) is 56.7 Å². The van der Waals surface area contributed by atoms with Gasteiger partial charge in [-0.1, -0.05) is 6.92 Å². The van der Waals surface area contributed by atoms with Crippen molar-refractivity contribution in [3.05, 3.63) is 48.5 Å². The fraction of sp³-hybridized carbons (Fsp3) is 0.391. The van der Waals surface area contributed by atoms with Gasteiger partial charge >= 0.3 is 0 Å². The number of carbonyl (C=O) groups excluding carboxylic acids is 2. The molecule has 7 nitrogen and oxygen atoms in total. The first-order valence-electron chi connectivity index (χ1n) is 10.1. The third-order valence-electron chi connectivity index (χ3n) is 4.99. The molecule has 0 spiro atoms. The molecular formula is C23H28N2O5. The van der Waals surface area contributed by atoms with Gasteiger partial charge in [0.15, 0.2) is 0 Å². The van der Waals surface area contributed by atoms with Gasteiger partial charge in [-0.15, -0.1) is 0 Å². The van der Waals surface area contributed by atoms with Gasteiger partial charge in [0.1, 0.15) is 23.9 Å². The number of rotatable bonds is 10. The van der Waals surface area contributed by atoms with Gasteiger partial charge in [-0.05, 0) is 62.0 Å². The number of amides is 2. The molecule has 0 N–H and O–H groups in total. The lowest BCUT2D eigenvalue weighted by Gasteiger charge is -2.23. The number of likely N-dealkylation sites (N-methyl/N-ethyl adjacent to an activating group) is 1. The second-order valence-electron chi connectivity index (χ2n) is 7.13. The van der Waals surface area contributed by atoms with Crippen LogP contribution >= 0.6 is 0 Å². The Morgan fingerprint density at radius 2 is 1.50 bits per heavy atom. The predicted molar refractivity (Wildman–Crippen MR) is 114 cm³/mol. The Hall–Kier alpha value is -3.06. The van der Waals surface area contributed by atoms with E-state index in [0.29, 0.717) is 25.4 Å². The van der Waals surface area contributed by atoms with E-state index in [-0.39, 0.29) is 18.2 Å². The molecule has 30 heavy (non-hydrogen) atoms. The Labute approximate surface area is 177 Å². The number of hydrogen-bond acceptors (Lipinski definition) is 6. The zero-order chi connectivity index (χ0) is 21.5. The number of imide groups is 1. The third-order valence-corrected chi connectivity index (χ3v) is 4.99. The number of carbonyl (C=O) groups is 2. The van der Waals surface area contributed by atoms with Crippen LogP contribution in [0.5, 0.6) is 17.2 Å². The maximum atomic E-state index is 12.9. The molecule has 0 aromatic heterocycles. The first-order valence-corrected chi connectivity index (χ1v) is 10.1. The minimum absolute atomic E-state index is 0.159. The number of nitrogens with zero attached hydrogens (tertiary/aromatic N) is 2. The topological polar surface area (TPSA) is 68.3 Å². The van der Waals surface area contributed by atoms with Crippen LogP contribution in [0.3, 0.4) is 0 Å². The van der Waals surface area contributed by atoms with Crippen LogP contribution in [0.2, 0.25) is 0 Å². The van der Waals surface area contributed by atoms with Crippen molar-refractivity contribution in [2.75, 3.05) is 38.8 Å². The van der Waals surface area contributed by atoms with Crippen molar-refractivity contribution in [1.82, 2.24) is 4.90 Å². The van der Waals surface area contributed by atoms with Crippen molar-refractivity contribution in [2.24, 2.45) is 0 Å². The molecule has 3 rings (SSSR count). The third kappa shape index (κ3) is 5.10. The normalized spacial score (nSPS) is 16.3. The lowest BCUT2D eigenvalue weighted by atomic mass is 10.2. The number of ether oxygens (including phenoxy) is 3. The molecule has 1 aliphatic heterocycles. The Morgan fingerprint density at radius 1 is 0.933 bits per heavy atom. The molecule has 1 heterocycles. The molecular weight excluding hydrogens is 384 g/mol. The average Bonchev–Trinajstić information content (AvgIpc) is 3.07. The van der Waals surface area contributed by atoms with Crippen molar-refractivity contribution in [3.8, 4) is 17.2 Å². The Balaban J connectivity index is 1.55. The molecule has 160 valence electrons. The molecule has 7 heteroatoms. The molecule has 2 amide bonds. The van der Waals surface area contributed by atoms with Gasteiger partial charge in [0, 0.05) is 6.54 Å². The lowest BCUT2D eigenvalue weighted by molar-refractivity contribution is -0.122. The zero-order valence-corrected chi connectivity index (χ0v) is 17.7. The summed E-state index contributed by atoms with van der Waals surface area (Å²) in [6.07, 6.45) is 1.08. The van der Waals surface area contributed by atoms with Crippen LogP contribution in [0, 0.1) is 0 Å². The Kier molecular flexibility index (Phi) is 7.30. The van der Waals surface area contributed by atoms with Crippen LogP contribution in [0.15, 0.2) is 48.5 Å². The smallest absolute Gasteiger partial charge is 0.251 e. The van der Waals surface area contributed by atoms with Crippen LogP contribution in [-0.2, 0) is 9.59 Å². The minimum Gasteiger partial charge on any atom is -0.497 e. The van der Waals surface area contributed by atoms with E-state index < -0.39 is 6.04 Å². The maximum Gasteiger partial charge on any atom is 0.251 e. The summed E-state index contributed by atoms with van der Waals surface area (Å²) in [7, 11) is 3.45. The fourth-order valence-corrected chi connectivity index (χ4v) is 3.28. The van der Waals surface area contributed by atoms with Crippen LogP contribution < -0.4 is 19.1 Å². The molecule has 2 aromatic carbocycles. The number of benzene rings is 2. The van der Waals surface area contributed by atoms with E-state index in [4.69, 9.17) is 14.2 Å². The zero-order valence-electron chi connectivity index (χ0n) is 17.7. The molecule has 0 bridgehead atoms. The summed E-state index contributed by atoms with van der Waals surface area (Å²) in [5, 5.41) is 0. The highest BCUT2D eigenvalue weighted by molar-refractivity contribution is 6.22. The monoisotopic (exact) mass is 412 g/mol. The first-order chi connectivity index (χ1) is 14.5. The van der Waals surface area contributed by atoms with E-state index in [2.05, 4.69) is 0 Å². The minimum atomic E-state index is -0.493. The molecule has 2 aromatic rings. The van der Waals surface area contributed by atoms with Crippen molar-refractivity contribution in [3.63, 3.8) is 0 Å². The highest BCUT2D eigenvalue weighted by Gasteiger charge is 2.41. The molecule has 0 radical (unpaired) electrons. The van der Waals surface area contributed by atoms with Crippen molar-refractivity contribution >= 4 is 17.5 Å². The van der Waals surface area contributed by atoms with Crippen LogP contribution in [0.1, 0.15) is 19.8 Å². The average molecular weight is 412 g/mol. The second kappa shape index (κ2) is 10.1. The molecule has 1 aliphatic rings. The summed E-state index contributed by atoms with van der Waals surface area (Å²) in [5.41, 5.74) is 0.569. The lowest BCUT2D eigenvalue weighted by Crippen LogP contribution is -2.41. The van der Waals surface area contributed by atoms with E-state index in [9.17, 15) is 9.59 Å². The summed E-state index contributed by atoms with van der Waals surface area (Å²) in [6.45, 7) is 3.60. The molecule has 1 atom stereocenters. The molecule has 0 unspecified atom stereocenters. The number of anilines is 1. The van der Waals surface area contributed by atoms with Gasteiger partial charge in [0.2, 0.25) is 5.91 Å². The van der Waals surface area contributed by atoms with Gasteiger partial charge < -0.3 is 14.2 Å². The standard InChI is InChI=1S/C23H28N2O5/c1-4-14-29-19-7-5-17(6-8-19)25-22(26)16-21(23(25)27)24(2)13-15-30-20-11-9-18(28-3)10-12-20/h5-12,21H,4,13-16H2,1-3H3/t21-/m0/s1. The molecule has 0 aliphatic carbocycles. The Bertz CT molecular complexity index is 851. The van der Waals surface area contributed by atoms with Gasteiger partial charge in [-0.2, -0.15) is 0 Å². The summed E-state index contributed by atoms with van der Waals surface area (Å²) >= 11 is 0. The first kappa shape index (κ1) is 21.6. The highest BCUT2D eigenvalue weighted by atomic mass is 16.5. The van der Waals surface area contributed by atoms with Gasteiger partial charge in [-0.3, -0.25) is 14.5 Å². The molecule has 0 saturated carbocycles. The van der Waals surface area contributed by atoms with Crippen LogP contribution in [0.25, 0.3) is 0 Å². The van der Waals surface area contributed by atoms with Gasteiger partial charge in [-0.25, -0.2) is 4.90 Å². The molecule has 1 saturated heterocycles. The van der Waals surface area contributed by atoms with Gasteiger partial charge in [0.25, 0.3) is 5.91 Å². The molecule has 1 fully saturated rings. The summed E-state index contributed by atoms with van der Waals surface area (Å²) < 4.78 is 16.4. The number of hydrogen-bond donors (Lipinski definition) is 0. The van der Waals surface area contributed by atoms with E-state index in [1.54, 1.807) is 31.4 Å². The van der Waals surface area contributed by atoms with Crippen LogP contribution in [0.4, 0.5) is 5.69 Å². The SMILES string of the molecule is CCCOc1ccc(N2C(=O)C[C@H](N(C)CCOc3ccc(OC)cc3)C2=O)cc1.